The number of nitrogens with two attached hydrogens (primary N) is 1. The van der Waals surface area contributed by atoms with Gasteiger partial charge in [0, 0.05) is 6.07 Å². The molecule has 0 aliphatic heterocycles. The summed E-state index contributed by atoms with van der Waals surface area (Å²) < 4.78 is 0. The Labute approximate surface area is 108 Å². The Balaban J connectivity index is 0.00000256. The molecule has 0 heterocycles. The van der Waals surface area contributed by atoms with Crippen LogP contribution in [-0.4, -0.2) is 22.0 Å². The van der Waals surface area contributed by atoms with Gasteiger partial charge in [-0.1, -0.05) is 17.7 Å². The van der Waals surface area contributed by atoms with Gasteiger partial charge in [-0.15, -0.1) is 12.4 Å². The van der Waals surface area contributed by atoms with E-state index in [1.54, 1.807) is 0 Å². The zero-order chi connectivity index (χ0) is 12.3. The fourth-order valence-corrected chi connectivity index (χ4v) is 1.35. The molecule has 17 heavy (non-hydrogen) atoms. The van der Waals surface area contributed by atoms with Crippen LogP contribution >= 0.6 is 24.0 Å². The lowest BCUT2D eigenvalue weighted by molar-refractivity contribution is -0.384. The van der Waals surface area contributed by atoms with Crippen LogP contribution < -0.4 is 5.73 Å². The van der Waals surface area contributed by atoms with E-state index in [0.717, 1.165) is 0 Å². The number of carboxylic acid groups (broad SMARTS) is 1. The van der Waals surface area contributed by atoms with Crippen LogP contribution in [0.4, 0.5) is 5.69 Å². The van der Waals surface area contributed by atoms with Crippen LogP contribution in [0.1, 0.15) is 5.56 Å². The van der Waals surface area contributed by atoms with E-state index in [1.165, 1.54) is 18.2 Å². The Morgan fingerprint density at radius 2 is 2.18 bits per heavy atom. The lowest BCUT2D eigenvalue weighted by Gasteiger charge is -2.06. The van der Waals surface area contributed by atoms with Gasteiger partial charge in [-0.05, 0) is 18.1 Å². The normalized spacial score (nSPS) is 11.4. The smallest absolute Gasteiger partial charge is 0.320 e. The molecule has 6 nitrogen and oxygen atoms in total. The van der Waals surface area contributed by atoms with Crippen LogP contribution in [0.15, 0.2) is 18.2 Å². The molecule has 0 fully saturated rings. The maximum Gasteiger partial charge on any atom is 0.320 e. The molecule has 0 radical (unpaired) electrons. The van der Waals surface area contributed by atoms with E-state index in [4.69, 9.17) is 22.4 Å². The summed E-state index contributed by atoms with van der Waals surface area (Å²) >= 11 is 5.60. The summed E-state index contributed by atoms with van der Waals surface area (Å²) in [6.07, 6.45) is 0.0212. The SMILES string of the molecule is Cl.N[C@@H](Cc1ccc(Cl)c([N+](=O)[O-])c1)C(=O)O. The number of aliphatic carboxylic acids is 1. The predicted octanol–water partition coefficient (Wildman–Crippen LogP) is 1.62. The molecule has 0 aromatic heterocycles. The number of nitro benzene ring substituents is 1. The number of carboxylic acids is 1. The first-order chi connectivity index (χ1) is 7.41. The Kier molecular flexibility index (Phi) is 5.87. The third-order valence-electron chi connectivity index (χ3n) is 1.98. The number of halogens is 2. The van der Waals surface area contributed by atoms with Gasteiger partial charge in [0.25, 0.3) is 5.69 Å². The monoisotopic (exact) mass is 280 g/mol. The molecule has 0 spiro atoms. The Bertz CT molecular complexity index is 439. The highest BCUT2D eigenvalue weighted by Crippen LogP contribution is 2.25. The van der Waals surface area contributed by atoms with E-state index >= 15 is 0 Å². The van der Waals surface area contributed by atoms with Crippen molar-refractivity contribution in [2.75, 3.05) is 0 Å². The molecule has 1 aromatic rings. The Morgan fingerprint density at radius 1 is 1.59 bits per heavy atom. The molecule has 1 rings (SSSR count). The van der Waals surface area contributed by atoms with Crippen molar-refractivity contribution in [3.63, 3.8) is 0 Å². The fourth-order valence-electron chi connectivity index (χ4n) is 1.17. The average Bonchev–Trinajstić information content (AvgIpc) is 2.20. The summed E-state index contributed by atoms with van der Waals surface area (Å²) in [5, 5.41) is 19.2. The van der Waals surface area contributed by atoms with Gasteiger partial charge in [0.1, 0.15) is 11.1 Å². The number of hydrogen-bond acceptors (Lipinski definition) is 4. The first kappa shape index (κ1) is 15.6. The second-order valence-corrected chi connectivity index (χ2v) is 3.60. The molecule has 0 unspecified atom stereocenters. The van der Waals surface area contributed by atoms with Crippen molar-refractivity contribution in [1.82, 2.24) is 0 Å². The molecular weight excluding hydrogens is 271 g/mol. The summed E-state index contributed by atoms with van der Waals surface area (Å²) in [6.45, 7) is 0. The lowest BCUT2D eigenvalue weighted by Crippen LogP contribution is -2.32. The molecule has 1 aromatic carbocycles. The number of rotatable bonds is 4. The minimum atomic E-state index is -1.15. The Hall–Kier alpha value is -1.37. The van der Waals surface area contributed by atoms with E-state index in [1.807, 2.05) is 0 Å². The largest absolute Gasteiger partial charge is 0.480 e. The maximum atomic E-state index is 10.6. The summed E-state index contributed by atoms with van der Waals surface area (Å²) in [7, 11) is 0. The molecule has 8 heteroatoms. The molecule has 1 atom stereocenters. The molecule has 0 saturated heterocycles. The van der Waals surface area contributed by atoms with Crippen molar-refractivity contribution in [3.05, 3.63) is 38.9 Å². The molecule has 0 aliphatic carbocycles. The minimum absolute atomic E-state index is 0. The number of nitrogens with zero attached hydrogens (tertiary/aromatic N) is 1. The van der Waals surface area contributed by atoms with E-state index in [9.17, 15) is 14.9 Å². The van der Waals surface area contributed by atoms with Crippen LogP contribution in [0, 0.1) is 10.1 Å². The van der Waals surface area contributed by atoms with Crippen molar-refractivity contribution in [2.45, 2.75) is 12.5 Å². The van der Waals surface area contributed by atoms with Gasteiger partial charge in [0.05, 0.1) is 4.92 Å². The number of hydrogen-bond donors (Lipinski definition) is 2. The first-order valence-corrected chi connectivity index (χ1v) is 4.71. The highest BCUT2D eigenvalue weighted by molar-refractivity contribution is 6.32. The van der Waals surface area contributed by atoms with Gasteiger partial charge in [0.15, 0.2) is 0 Å². The quantitative estimate of drug-likeness (QED) is 0.644. The zero-order valence-corrected chi connectivity index (χ0v) is 10.1. The molecule has 0 aliphatic rings. The van der Waals surface area contributed by atoms with Crippen LogP contribution in [0.2, 0.25) is 5.02 Å². The van der Waals surface area contributed by atoms with Gasteiger partial charge in [0.2, 0.25) is 0 Å². The molecule has 0 amide bonds. The average molecular weight is 281 g/mol. The highest BCUT2D eigenvalue weighted by Gasteiger charge is 2.16. The van der Waals surface area contributed by atoms with Crippen LogP contribution in [0.3, 0.4) is 0 Å². The first-order valence-electron chi connectivity index (χ1n) is 4.33. The van der Waals surface area contributed by atoms with Crippen LogP contribution in [0.25, 0.3) is 0 Å². The van der Waals surface area contributed by atoms with Gasteiger partial charge in [-0.25, -0.2) is 0 Å². The third-order valence-corrected chi connectivity index (χ3v) is 2.30. The van der Waals surface area contributed by atoms with Crippen LogP contribution in [-0.2, 0) is 11.2 Å². The second kappa shape index (κ2) is 6.39. The van der Waals surface area contributed by atoms with Crippen molar-refractivity contribution in [1.29, 1.82) is 0 Å². The molecule has 94 valence electrons. The summed E-state index contributed by atoms with van der Waals surface area (Å²) in [6, 6.07) is 3.01. The van der Waals surface area contributed by atoms with Gasteiger partial charge in [-0.2, -0.15) is 0 Å². The van der Waals surface area contributed by atoms with Crippen molar-refractivity contribution < 1.29 is 14.8 Å². The summed E-state index contributed by atoms with van der Waals surface area (Å²) in [4.78, 5) is 20.4. The predicted molar refractivity (Wildman–Crippen MR) is 64.7 cm³/mol. The van der Waals surface area contributed by atoms with E-state index in [0.29, 0.717) is 5.56 Å². The van der Waals surface area contributed by atoms with E-state index in [2.05, 4.69) is 0 Å². The number of carbonyl (C=O) groups is 1. The minimum Gasteiger partial charge on any atom is -0.480 e. The number of benzene rings is 1. The third kappa shape index (κ3) is 4.18. The molecule has 0 saturated carbocycles. The zero-order valence-electron chi connectivity index (χ0n) is 8.50. The molecule has 3 N–H and O–H groups in total. The van der Waals surface area contributed by atoms with Gasteiger partial charge < -0.3 is 10.8 Å². The van der Waals surface area contributed by atoms with Gasteiger partial charge in [-0.3, -0.25) is 14.9 Å². The van der Waals surface area contributed by atoms with E-state index in [-0.39, 0.29) is 29.5 Å². The van der Waals surface area contributed by atoms with Crippen molar-refractivity contribution >= 4 is 35.7 Å². The van der Waals surface area contributed by atoms with Crippen molar-refractivity contribution in [2.24, 2.45) is 5.73 Å². The highest BCUT2D eigenvalue weighted by atomic mass is 35.5. The molecule has 0 bridgehead atoms. The lowest BCUT2D eigenvalue weighted by atomic mass is 10.1. The number of nitro groups is 1. The van der Waals surface area contributed by atoms with Gasteiger partial charge >= 0.3 is 5.97 Å². The second-order valence-electron chi connectivity index (χ2n) is 3.19. The van der Waals surface area contributed by atoms with E-state index < -0.39 is 16.9 Å². The Morgan fingerprint density at radius 3 is 2.65 bits per heavy atom. The van der Waals surface area contributed by atoms with Crippen LogP contribution in [0.5, 0.6) is 0 Å². The summed E-state index contributed by atoms with van der Waals surface area (Å²) in [5.41, 5.74) is 5.52. The van der Waals surface area contributed by atoms with Crippen molar-refractivity contribution in [3.8, 4) is 0 Å². The summed E-state index contributed by atoms with van der Waals surface area (Å²) in [5.74, 6) is -1.15. The topological polar surface area (TPSA) is 106 Å². The standard InChI is InChI=1S/C9H9ClN2O4.ClH/c10-6-2-1-5(3-7(11)9(13)14)4-8(6)12(15)16;/h1-2,4,7H,3,11H2,(H,13,14);1H/t7-;/m0./s1. The maximum absolute atomic E-state index is 10.6. The fraction of sp³-hybridized carbons (Fsp3) is 0.222. The molecular formula is C9H10Cl2N2O4.